The Morgan fingerprint density at radius 1 is 1.29 bits per heavy atom. The van der Waals surface area contributed by atoms with Crippen LogP contribution in [0.5, 0.6) is 5.75 Å². The number of ether oxygens (including phenoxy) is 1. The number of fused-ring (bicyclic) bond motifs is 1. The molecule has 134 valence electrons. The van der Waals surface area contributed by atoms with Crippen LogP contribution in [0.2, 0.25) is 0 Å². The van der Waals surface area contributed by atoms with E-state index < -0.39 is 17.6 Å². The van der Waals surface area contributed by atoms with Gasteiger partial charge in [-0.3, -0.25) is 4.79 Å². The molecule has 0 fully saturated rings. The zero-order valence-electron chi connectivity index (χ0n) is 15.0. The largest absolute Gasteiger partial charge is 0.493 e. The summed E-state index contributed by atoms with van der Waals surface area (Å²) in [6.45, 7) is 6.49. The van der Waals surface area contributed by atoms with E-state index in [4.69, 9.17) is 4.74 Å². The molecule has 1 aromatic carbocycles. The lowest BCUT2D eigenvalue weighted by Gasteiger charge is -2.26. The number of rotatable bonds is 8. The van der Waals surface area contributed by atoms with Crippen LogP contribution < -0.4 is 4.74 Å². The smallest absolute Gasteiger partial charge is 0.168 e. The van der Waals surface area contributed by atoms with Crippen molar-refractivity contribution in [3.8, 4) is 5.75 Å². The minimum atomic E-state index is -0.566. The van der Waals surface area contributed by atoms with Gasteiger partial charge in [0.05, 0.1) is 18.8 Å². The van der Waals surface area contributed by atoms with Gasteiger partial charge in [-0.05, 0) is 62.3 Å². The highest BCUT2D eigenvalue weighted by molar-refractivity contribution is 6.00. The number of aliphatic hydroxyl groups excluding tert-OH is 2. The predicted octanol–water partition coefficient (Wildman–Crippen LogP) is 3.52. The summed E-state index contributed by atoms with van der Waals surface area (Å²) in [6.07, 6.45) is 3.02. The molecule has 0 spiro atoms. The first kappa shape index (κ1) is 18.9. The third-order valence-electron chi connectivity index (χ3n) is 4.90. The molecule has 1 aromatic rings. The number of hydrogen-bond acceptors (Lipinski definition) is 4. The average molecular weight is 334 g/mol. The number of aryl methyl sites for hydroxylation is 1. The van der Waals surface area contributed by atoms with Gasteiger partial charge in [0.1, 0.15) is 5.75 Å². The third kappa shape index (κ3) is 4.81. The van der Waals surface area contributed by atoms with Crippen molar-refractivity contribution in [3.05, 3.63) is 29.3 Å². The monoisotopic (exact) mass is 334 g/mol. The van der Waals surface area contributed by atoms with Gasteiger partial charge in [-0.1, -0.05) is 20.8 Å². The number of carbonyl (C=O) groups is 1. The third-order valence-corrected chi connectivity index (χ3v) is 4.90. The van der Waals surface area contributed by atoms with E-state index in [1.807, 2.05) is 39.0 Å². The van der Waals surface area contributed by atoms with E-state index in [1.54, 1.807) is 0 Å². The molecule has 2 atom stereocenters. The molecule has 0 aliphatic carbocycles. The van der Waals surface area contributed by atoms with Crippen molar-refractivity contribution in [2.75, 3.05) is 6.61 Å². The van der Waals surface area contributed by atoms with E-state index >= 15 is 0 Å². The first-order chi connectivity index (χ1) is 11.3. The van der Waals surface area contributed by atoms with E-state index in [9.17, 15) is 15.0 Å². The quantitative estimate of drug-likeness (QED) is 0.714. The fraction of sp³-hybridized carbons (Fsp3) is 0.650. The number of carbonyl (C=O) groups excluding carboxylic acids is 1. The number of ketones is 1. The normalized spacial score (nSPS) is 16.9. The molecule has 0 saturated carbocycles. The first-order valence-corrected chi connectivity index (χ1v) is 9.00. The molecule has 0 amide bonds. The fourth-order valence-electron chi connectivity index (χ4n) is 3.13. The summed E-state index contributed by atoms with van der Waals surface area (Å²) in [5, 5.41) is 19.7. The van der Waals surface area contributed by atoms with Crippen LogP contribution in [0.1, 0.15) is 68.8 Å². The van der Waals surface area contributed by atoms with Crippen molar-refractivity contribution in [1.29, 1.82) is 0 Å². The van der Waals surface area contributed by atoms with Crippen molar-refractivity contribution in [1.82, 2.24) is 0 Å². The maximum Gasteiger partial charge on any atom is 0.168 e. The van der Waals surface area contributed by atoms with Crippen molar-refractivity contribution < 1.29 is 19.7 Å². The van der Waals surface area contributed by atoms with Crippen LogP contribution in [0.3, 0.4) is 0 Å². The van der Waals surface area contributed by atoms with E-state index in [1.165, 1.54) is 0 Å². The molecule has 1 heterocycles. The lowest BCUT2D eigenvalue weighted by molar-refractivity contribution is 0.0611. The average Bonchev–Trinajstić information content (AvgIpc) is 2.58. The van der Waals surface area contributed by atoms with Gasteiger partial charge in [0.25, 0.3) is 0 Å². The zero-order chi connectivity index (χ0) is 17.7. The van der Waals surface area contributed by atoms with Crippen LogP contribution in [0, 0.1) is 5.41 Å². The SMILES string of the molecule is CCC(O)CC(O)CCC(C)(C)C(=O)c1ccc2c(c1)CCCO2. The minimum Gasteiger partial charge on any atom is -0.493 e. The molecule has 1 aliphatic rings. The van der Waals surface area contributed by atoms with Crippen LogP contribution in [-0.4, -0.2) is 34.8 Å². The molecular formula is C20H30O4. The van der Waals surface area contributed by atoms with Gasteiger partial charge in [-0.25, -0.2) is 0 Å². The molecular weight excluding hydrogens is 304 g/mol. The lowest BCUT2D eigenvalue weighted by Crippen LogP contribution is -2.27. The summed E-state index contributed by atoms with van der Waals surface area (Å²) in [5.74, 6) is 0.985. The molecule has 0 saturated heterocycles. The molecule has 2 N–H and O–H groups in total. The van der Waals surface area contributed by atoms with Gasteiger partial charge in [0.2, 0.25) is 0 Å². The number of benzene rings is 1. The van der Waals surface area contributed by atoms with Crippen molar-refractivity contribution in [2.24, 2.45) is 5.41 Å². The number of hydrogen-bond donors (Lipinski definition) is 2. The molecule has 0 radical (unpaired) electrons. The van der Waals surface area contributed by atoms with E-state index in [-0.39, 0.29) is 5.78 Å². The molecule has 0 bridgehead atoms. The van der Waals surface area contributed by atoms with Crippen LogP contribution >= 0.6 is 0 Å². The zero-order valence-corrected chi connectivity index (χ0v) is 15.0. The van der Waals surface area contributed by atoms with Crippen molar-refractivity contribution in [2.45, 2.75) is 71.5 Å². The first-order valence-electron chi connectivity index (χ1n) is 9.00. The molecule has 2 rings (SSSR count). The van der Waals surface area contributed by atoms with Gasteiger partial charge in [-0.2, -0.15) is 0 Å². The maximum atomic E-state index is 12.9. The summed E-state index contributed by atoms with van der Waals surface area (Å²) in [6, 6.07) is 5.69. The second-order valence-electron chi connectivity index (χ2n) is 7.48. The maximum absolute atomic E-state index is 12.9. The van der Waals surface area contributed by atoms with Crippen molar-refractivity contribution in [3.63, 3.8) is 0 Å². The Bertz CT molecular complexity index is 565. The summed E-state index contributed by atoms with van der Waals surface area (Å²) in [7, 11) is 0. The second kappa shape index (κ2) is 8.13. The Kier molecular flexibility index (Phi) is 6.41. The highest BCUT2D eigenvalue weighted by Gasteiger charge is 2.30. The van der Waals surface area contributed by atoms with Gasteiger partial charge in [0, 0.05) is 11.0 Å². The predicted molar refractivity (Wildman–Crippen MR) is 94.5 cm³/mol. The highest BCUT2D eigenvalue weighted by atomic mass is 16.5. The number of Topliss-reactive ketones (excluding diaryl/α,β-unsaturated/α-hetero) is 1. The molecule has 0 aromatic heterocycles. The molecule has 24 heavy (non-hydrogen) atoms. The van der Waals surface area contributed by atoms with Gasteiger partial charge in [0.15, 0.2) is 5.78 Å². The van der Waals surface area contributed by atoms with Gasteiger partial charge < -0.3 is 14.9 Å². The Morgan fingerprint density at radius 2 is 2.04 bits per heavy atom. The molecule has 4 heteroatoms. The van der Waals surface area contributed by atoms with E-state index in [0.29, 0.717) is 31.2 Å². The van der Waals surface area contributed by atoms with Crippen LogP contribution in [0.25, 0.3) is 0 Å². The van der Waals surface area contributed by atoms with E-state index in [2.05, 4.69) is 0 Å². The Hall–Kier alpha value is -1.39. The minimum absolute atomic E-state index is 0.0964. The van der Waals surface area contributed by atoms with Gasteiger partial charge in [-0.15, -0.1) is 0 Å². The molecule has 2 unspecified atom stereocenters. The summed E-state index contributed by atoms with van der Waals surface area (Å²) >= 11 is 0. The Morgan fingerprint density at radius 3 is 2.75 bits per heavy atom. The summed E-state index contributed by atoms with van der Waals surface area (Å²) in [4.78, 5) is 12.9. The van der Waals surface area contributed by atoms with Crippen LogP contribution in [0.4, 0.5) is 0 Å². The van der Waals surface area contributed by atoms with Crippen LogP contribution in [0.15, 0.2) is 18.2 Å². The Balaban J connectivity index is 1.99. The Labute approximate surface area is 144 Å². The van der Waals surface area contributed by atoms with Gasteiger partial charge >= 0.3 is 0 Å². The summed E-state index contributed by atoms with van der Waals surface area (Å²) in [5.41, 5.74) is 1.28. The summed E-state index contributed by atoms with van der Waals surface area (Å²) < 4.78 is 5.60. The number of aliphatic hydroxyl groups is 2. The molecule has 4 nitrogen and oxygen atoms in total. The van der Waals surface area contributed by atoms with E-state index in [0.717, 1.165) is 30.8 Å². The topological polar surface area (TPSA) is 66.8 Å². The van der Waals surface area contributed by atoms with Crippen molar-refractivity contribution >= 4 is 5.78 Å². The highest BCUT2D eigenvalue weighted by Crippen LogP contribution is 2.32. The second-order valence-corrected chi connectivity index (χ2v) is 7.48. The lowest BCUT2D eigenvalue weighted by atomic mass is 9.79. The van der Waals surface area contributed by atoms with Crippen LogP contribution in [-0.2, 0) is 6.42 Å². The fourth-order valence-corrected chi connectivity index (χ4v) is 3.13. The molecule has 1 aliphatic heterocycles. The standard InChI is InChI=1S/C20H30O4/c1-4-16(21)13-17(22)9-10-20(2,3)19(23)15-7-8-18-14(12-15)6-5-11-24-18/h7-8,12,16-17,21-22H,4-6,9-11,13H2,1-3H3.